The number of imidazole rings is 1. The van der Waals surface area contributed by atoms with Crippen LogP contribution in [0.5, 0.6) is 11.5 Å². The predicted molar refractivity (Wildman–Crippen MR) is 183 cm³/mol. The minimum Gasteiger partial charge on any atom is -0.457 e. The van der Waals surface area contributed by atoms with Crippen LogP contribution in [0.15, 0.2) is 79.1 Å². The van der Waals surface area contributed by atoms with Gasteiger partial charge in [-0.15, -0.1) is 0 Å². The van der Waals surface area contributed by atoms with E-state index in [1.54, 1.807) is 0 Å². The lowest BCUT2D eigenvalue weighted by atomic mass is 9.76. The second-order valence-electron chi connectivity index (χ2n) is 14.6. The molecule has 0 atom stereocenters. The molecule has 0 aliphatic heterocycles. The van der Waals surface area contributed by atoms with E-state index in [-0.39, 0.29) is 10.8 Å². The van der Waals surface area contributed by atoms with Gasteiger partial charge in [-0.25, -0.2) is 9.67 Å². The van der Waals surface area contributed by atoms with Crippen molar-refractivity contribution in [3.8, 4) is 39.7 Å². The van der Waals surface area contributed by atoms with Crippen LogP contribution in [0, 0.1) is 0 Å². The van der Waals surface area contributed by atoms with Crippen molar-refractivity contribution in [2.45, 2.75) is 91.9 Å². The van der Waals surface area contributed by atoms with E-state index in [1.807, 2.05) is 48.3 Å². The van der Waals surface area contributed by atoms with Gasteiger partial charge >= 0.3 is 0 Å². The molecule has 0 saturated heterocycles. The molecule has 3 aromatic carbocycles. The Morgan fingerprint density at radius 1 is 0.705 bits per heavy atom. The van der Waals surface area contributed by atoms with Gasteiger partial charge in [0.25, 0.3) is 0 Å². The molecule has 0 aliphatic rings. The fourth-order valence-corrected chi connectivity index (χ4v) is 6.06. The van der Waals surface area contributed by atoms with Crippen LogP contribution in [0.4, 0.5) is 0 Å². The third-order valence-electron chi connectivity index (χ3n) is 8.14. The number of nitrogens with zero attached hydrogens (tertiary/aromatic N) is 4. The average Bonchev–Trinajstić information content (AvgIpc) is 3.57. The highest BCUT2D eigenvalue weighted by Gasteiger charge is 2.35. The molecule has 0 amide bonds. The predicted octanol–water partition coefficient (Wildman–Crippen LogP) is 10.6. The molecule has 5 nitrogen and oxygen atoms in total. The fourth-order valence-electron chi connectivity index (χ4n) is 6.06. The lowest BCUT2D eigenvalue weighted by molar-refractivity contribution is 0.481. The number of benzene rings is 3. The van der Waals surface area contributed by atoms with Gasteiger partial charge in [0.15, 0.2) is 0 Å². The van der Waals surface area contributed by atoms with Gasteiger partial charge in [-0.2, -0.15) is 5.10 Å². The number of aryl methyl sites for hydroxylation is 1. The van der Waals surface area contributed by atoms with Gasteiger partial charge in [0.05, 0.1) is 17.1 Å². The molecule has 230 valence electrons. The molecule has 0 saturated carbocycles. The summed E-state index contributed by atoms with van der Waals surface area (Å²) in [6.45, 7) is 22.9. The number of aromatic nitrogens is 4. The minimum absolute atomic E-state index is 0.168. The summed E-state index contributed by atoms with van der Waals surface area (Å²) < 4.78 is 10.6. The van der Waals surface area contributed by atoms with Crippen molar-refractivity contribution in [2.75, 3.05) is 0 Å². The van der Waals surface area contributed by atoms with Gasteiger partial charge in [0, 0.05) is 47.5 Å². The standard InChI is InChI=1S/C39H48N4O/c1-25(2)31-19-14-20-32(26(3)4)33(31)34-35(38(5,6)7)41-43(36(34)39(8,9)10)28-16-13-18-30(24-28)44-29-17-12-15-27(23-29)37-40-21-22-42(37)11/h12-26H,1-11H3. The maximum Gasteiger partial charge on any atom is 0.139 e. The highest BCUT2D eigenvalue weighted by atomic mass is 16.5. The first-order chi connectivity index (χ1) is 20.7. The van der Waals surface area contributed by atoms with Crippen molar-refractivity contribution in [1.82, 2.24) is 19.3 Å². The lowest BCUT2D eigenvalue weighted by Gasteiger charge is -2.28. The summed E-state index contributed by atoms with van der Waals surface area (Å²) in [6.07, 6.45) is 3.76. The lowest BCUT2D eigenvalue weighted by Crippen LogP contribution is -2.19. The van der Waals surface area contributed by atoms with Crippen LogP contribution in [-0.4, -0.2) is 19.3 Å². The average molecular weight is 589 g/mol. The molecule has 0 N–H and O–H groups in total. The highest BCUT2D eigenvalue weighted by Crippen LogP contribution is 2.46. The molecular formula is C39H48N4O. The van der Waals surface area contributed by atoms with E-state index in [4.69, 9.17) is 9.84 Å². The molecule has 0 fully saturated rings. The second kappa shape index (κ2) is 11.8. The van der Waals surface area contributed by atoms with Crippen molar-refractivity contribution < 1.29 is 4.74 Å². The summed E-state index contributed by atoms with van der Waals surface area (Å²) in [5.41, 5.74) is 9.33. The number of ether oxygens (including phenoxy) is 1. The normalized spacial score (nSPS) is 12.4. The van der Waals surface area contributed by atoms with Crippen LogP contribution in [0.1, 0.15) is 104 Å². The Balaban J connectivity index is 1.70. The molecule has 5 rings (SSSR count). The molecule has 2 aromatic heterocycles. The maximum atomic E-state index is 6.46. The van der Waals surface area contributed by atoms with Crippen LogP contribution < -0.4 is 4.74 Å². The molecule has 0 unspecified atom stereocenters. The van der Waals surface area contributed by atoms with E-state index >= 15 is 0 Å². The molecule has 44 heavy (non-hydrogen) atoms. The summed E-state index contributed by atoms with van der Waals surface area (Å²) in [7, 11) is 2.00. The molecule has 0 bridgehead atoms. The van der Waals surface area contributed by atoms with Gasteiger partial charge in [0.1, 0.15) is 17.3 Å². The van der Waals surface area contributed by atoms with Crippen molar-refractivity contribution in [1.29, 1.82) is 0 Å². The Morgan fingerprint density at radius 2 is 1.30 bits per heavy atom. The Labute approximate surface area is 263 Å². The first-order valence-electron chi connectivity index (χ1n) is 15.8. The van der Waals surface area contributed by atoms with Crippen molar-refractivity contribution in [2.24, 2.45) is 7.05 Å². The molecular weight excluding hydrogens is 540 g/mol. The van der Waals surface area contributed by atoms with Crippen LogP contribution in [0.2, 0.25) is 0 Å². The molecule has 0 aliphatic carbocycles. The Morgan fingerprint density at radius 3 is 1.84 bits per heavy atom. The third kappa shape index (κ3) is 6.10. The highest BCUT2D eigenvalue weighted by molar-refractivity contribution is 5.79. The first kappa shape index (κ1) is 31.3. The smallest absolute Gasteiger partial charge is 0.139 e. The second-order valence-corrected chi connectivity index (χ2v) is 14.6. The quantitative estimate of drug-likeness (QED) is 0.190. The van der Waals surface area contributed by atoms with E-state index < -0.39 is 0 Å². The summed E-state index contributed by atoms with van der Waals surface area (Å²) in [4.78, 5) is 4.51. The topological polar surface area (TPSA) is 44.9 Å². The largest absolute Gasteiger partial charge is 0.457 e. The van der Waals surface area contributed by atoms with Gasteiger partial charge in [0.2, 0.25) is 0 Å². The van der Waals surface area contributed by atoms with Gasteiger partial charge in [-0.3, -0.25) is 0 Å². The monoisotopic (exact) mass is 588 g/mol. The van der Waals surface area contributed by atoms with Crippen molar-refractivity contribution in [3.05, 3.63) is 102 Å². The van der Waals surface area contributed by atoms with E-state index in [2.05, 4.69) is 121 Å². The van der Waals surface area contributed by atoms with Gasteiger partial charge < -0.3 is 9.30 Å². The zero-order valence-electron chi connectivity index (χ0n) is 28.4. The van der Waals surface area contributed by atoms with Gasteiger partial charge in [-0.1, -0.05) is 106 Å². The zero-order valence-corrected chi connectivity index (χ0v) is 28.4. The summed E-state index contributed by atoms with van der Waals surface area (Å²) in [6, 6.07) is 23.2. The maximum absolute atomic E-state index is 6.46. The molecule has 0 spiro atoms. The van der Waals surface area contributed by atoms with Crippen molar-refractivity contribution in [3.63, 3.8) is 0 Å². The van der Waals surface area contributed by atoms with Crippen molar-refractivity contribution >= 4 is 0 Å². The first-order valence-corrected chi connectivity index (χ1v) is 15.8. The Hall–Kier alpha value is -4.12. The number of rotatable bonds is 7. The number of hydrogen-bond acceptors (Lipinski definition) is 3. The van der Waals surface area contributed by atoms with Crippen LogP contribution in [0.25, 0.3) is 28.2 Å². The minimum atomic E-state index is -0.183. The van der Waals surface area contributed by atoms with Crippen LogP contribution >= 0.6 is 0 Å². The third-order valence-corrected chi connectivity index (χ3v) is 8.14. The summed E-state index contributed by atoms with van der Waals surface area (Å²) in [5.74, 6) is 3.19. The Bertz CT molecular complexity index is 1750. The van der Waals surface area contributed by atoms with E-state index in [1.165, 1.54) is 27.9 Å². The molecule has 2 heterocycles. The zero-order chi connectivity index (χ0) is 32.0. The van der Waals surface area contributed by atoms with Crippen LogP contribution in [0.3, 0.4) is 0 Å². The fraction of sp³-hybridized carbons (Fsp3) is 0.385. The van der Waals surface area contributed by atoms with Gasteiger partial charge in [-0.05, 0) is 52.8 Å². The van der Waals surface area contributed by atoms with E-state index in [0.717, 1.165) is 34.3 Å². The molecule has 0 radical (unpaired) electrons. The molecule has 5 heteroatoms. The SMILES string of the molecule is CC(C)c1cccc(C(C)C)c1-c1c(C(C)(C)C)nn(-c2cccc(Oc3cccc(-c4nccn4C)c3)c2)c1C(C)(C)C. The van der Waals surface area contributed by atoms with E-state index in [9.17, 15) is 0 Å². The summed E-state index contributed by atoms with van der Waals surface area (Å²) >= 11 is 0. The van der Waals surface area contributed by atoms with Crippen LogP contribution in [-0.2, 0) is 17.9 Å². The Kier molecular flexibility index (Phi) is 8.37. The number of hydrogen-bond donors (Lipinski definition) is 0. The van der Waals surface area contributed by atoms with E-state index in [0.29, 0.717) is 11.8 Å². The molecule has 5 aromatic rings. The summed E-state index contributed by atoms with van der Waals surface area (Å²) in [5, 5.41) is 5.45.